The molecule has 1 aromatic heterocycles. The average Bonchev–Trinajstić information content (AvgIpc) is 2.01. The molecule has 4 heteroatoms. The fraction of sp³-hybridized carbons (Fsp3) is 0.556. The molecule has 0 atom stereocenters. The van der Waals surface area contributed by atoms with Crippen LogP contribution in [0.4, 0.5) is 0 Å². The van der Waals surface area contributed by atoms with E-state index in [0.717, 1.165) is 31.1 Å². The van der Waals surface area contributed by atoms with Gasteiger partial charge in [0.05, 0.1) is 24.9 Å². The van der Waals surface area contributed by atoms with Crippen molar-refractivity contribution in [2.45, 2.75) is 19.5 Å². The summed E-state index contributed by atoms with van der Waals surface area (Å²) in [6, 6.07) is 2.50. The zero-order valence-electron chi connectivity index (χ0n) is 7.66. The topological polar surface area (TPSA) is 47.0 Å². The summed E-state index contributed by atoms with van der Waals surface area (Å²) in [4.78, 5) is 8.19. The van der Waals surface area contributed by atoms with Gasteiger partial charge < -0.3 is 10.1 Å². The molecule has 1 saturated heterocycles. The lowest BCUT2D eigenvalue weighted by Gasteiger charge is -2.26. The summed E-state index contributed by atoms with van der Waals surface area (Å²) in [6.07, 6.45) is 1.60. The second kappa shape index (κ2) is 3.81. The predicted octanol–water partition coefficient (Wildman–Crippen LogP) is 0.273. The number of aryl methyl sites for hydroxylation is 1. The lowest BCUT2D eigenvalue weighted by atomic mass is 10.2. The Balaban J connectivity index is 1.86. The molecule has 0 saturated carbocycles. The van der Waals surface area contributed by atoms with Crippen LogP contribution in [0.2, 0.25) is 0 Å². The second-order valence-electron chi connectivity index (χ2n) is 3.27. The quantitative estimate of drug-likeness (QED) is 0.723. The molecule has 0 aromatic carbocycles. The van der Waals surface area contributed by atoms with Gasteiger partial charge in [0.2, 0.25) is 0 Å². The summed E-state index contributed by atoms with van der Waals surface area (Å²) in [5, 5.41) is 3.35. The van der Waals surface area contributed by atoms with Crippen LogP contribution in [0.1, 0.15) is 11.4 Å². The highest BCUT2D eigenvalue weighted by Gasteiger charge is 2.16. The largest absolute Gasteiger partial charge is 0.378 e. The molecule has 2 rings (SSSR count). The maximum absolute atomic E-state index is 5.05. The van der Waals surface area contributed by atoms with E-state index < -0.39 is 0 Å². The maximum Gasteiger partial charge on any atom is 0.115 e. The van der Waals surface area contributed by atoms with Gasteiger partial charge in [-0.3, -0.25) is 0 Å². The van der Waals surface area contributed by atoms with Crippen LogP contribution in [0, 0.1) is 6.92 Å². The summed E-state index contributed by atoms with van der Waals surface area (Å²) in [5.74, 6) is 0. The van der Waals surface area contributed by atoms with Gasteiger partial charge in [0.25, 0.3) is 0 Å². The second-order valence-corrected chi connectivity index (χ2v) is 3.27. The predicted molar refractivity (Wildman–Crippen MR) is 48.2 cm³/mol. The number of nitrogens with zero attached hydrogens (tertiary/aromatic N) is 2. The van der Waals surface area contributed by atoms with E-state index in [1.54, 1.807) is 6.33 Å². The number of nitrogens with one attached hydrogen (secondary N) is 1. The molecule has 1 aliphatic rings. The Labute approximate surface area is 77.4 Å². The van der Waals surface area contributed by atoms with E-state index in [1.807, 2.05) is 13.0 Å². The molecule has 0 aliphatic carbocycles. The molecular formula is C9H13N3O. The SMILES string of the molecule is Cc1cc(CNC2COC2)ncn1. The summed E-state index contributed by atoms with van der Waals surface area (Å²) >= 11 is 0. The van der Waals surface area contributed by atoms with E-state index in [0.29, 0.717) is 6.04 Å². The fourth-order valence-corrected chi connectivity index (χ4v) is 1.21. The molecule has 13 heavy (non-hydrogen) atoms. The lowest BCUT2D eigenvalue weighted by molar-refractivity contribution is -0.00591. The molecule has 70 valence electrons. The van der Waals surface area contributed by atoms with Gasteiger partial charge in [0.1, 0.15) is 6.33 Å². The number of rotatable bonds is 3. The molecule has 0 bridgehead atoms. The van der Waals surface area contributed by atoms with Gasteiger partial charge in [0.15, 0.2) is 0 Å². The van der Waals surface area contributed by atoms with Crippen molar-refractivity contribution in [3.63, 3.8) is 0 Å². The number of aromatic nitrogens is 2. The van der Waals surface area contributed by atoms with E-state index >= 15 is 0 Å². The Morgan fingerprint density at radius 2 is 2.38 bits per heavy atom. The first kappa shape index (κ1) is 8.59. The Kier molecular flexibility index (Phi) is 2.52. The van der Waals surface area contributed by atoms with Crippen molar-refractivity contribution in [3.8, 4) is 0 Å². The third-order valence-corrected chi connectivity index (χ3v) is 2.07. The highest BCUT2D eigenvalue weighted by Crippen LogP contribution is 2.02. The normalized spacial score (nSPS) is 17.0. The third-order valence-electron chi connectivity index (χ3n) is 2.07. The molecular weight excluding hydrogens is 166 g/mol. The van der Waals surface area contributed by atoms with Gasteiger partial charge in [-0.05, 0) is 13.0 Å². The van der Waals surface area contributed by atoms with E-state index in [-0.39, 0.29) is 0 Å². The van der Waals surface area contributed by atoms with Gasteiger partial charge in [-0.15, -0.1) is 0 Å². The fourth-order valence-electron chi connectivity index (χ4n) is 1.21. The Morgan fingerprint density at radius 3 is 3.00 bits per heavy atom. The first-order valence-corrected chi connectivity index (χ1v) is 4.43. The van der Waals surface area contributed by atoms with Crippen molar-refractivity contribution < 1.29 is 4.74 Å². The number of hydrogen-bond donors (Lipinski definition) is 1. The van der Waals surface area contributed by atoms with Gasteiger partial charge in [-0.25, -0.2) is 9.97 Å². The average molecular weight is 179 g/mol. The van der Waals surface area contributed by atoms with Crippen LogP contribution >= 0.6 is 0 Å². The van der Waals surface area contributed by atoms with Crippen molar-refractivity contribution in [2.75, 3.05) is 13.2 Å². The van der Waals surface area contributed by atoms with E-state index in [9.17, 15) is 0 Å². The van der Waals surface area contributed by atoms with E-state index in [4.69, 9.17) is 4.74 Å². The zero-order valence-corrected chi connectivity index (χ0v) is 7.66. The summed E-state index contributed by atoms with van der Waals surface area (Å²) in [5.41, 5.74) is 2.05. The van der Waals surface area contributed by atoms with Crippen molar-refractivity contribution in [1.82, 2.24) is 15.3 Å². The molecule has 0 radical (unpaired) electrons. The first-order valence-electron chi connectivity index (χ1n) is 4.43. The monoisotopic (exact) mass is 179 g/mol. The molecule has 0 spiro atoms. The van der Waals surface area contributed by atoms with Crippen molar-refractivity contribution >= 4 is 0 Å². The number of hydrogen-bond acceptors (Lipinski definition) is 4. The van der Waals surface area contributed by atoms with Crippen molar-refractivity contribution in [3.05, 3.63) is 23.8 Å². The molecule has 2 heterocycles. The van der Waals surface area contributed by atoms with Gasteiger partial charge in [0, 0.05) is 12.2 Å². The summed E-state index contributed by atoms with van der Waals surface area (Å²) in [7, 11) is 0. The smallest absolute Gasteiger partial charge is 0.115 e. The molecule has 0 unspecified atom stereocenters. The Hall–Kier alpha value is -1.00. The molecule has 1 aliphatic heterocycles. The van der Waals surface area contributed by atoms with Crippen molar-refractivity contribution in [2.24, 2.45) is 0 Å². The van der Waals surface area contributed by atoms with Gasteiger partial charge in [-0.1, -0.05) is 0 Å². The van der Waals surface area contributed by atoms with Crippen LogP contribution in [0.3, 0.4) is 0 Å². The Morgan fingerprint density at radius 1 is 1.54 bits per heavy atom. The lowest BCUT2D eigenvalue weighted by Crippen LogP contribution is -2.45. The van der Waals surface area contributed by atoms with Gasteiger partial charge >= 0.3 is 0 Å². The highest BCUT2D eigenvalue weighted by atomic mass is 16.5. The molecule has 1 aromatic rings. The third kappa shape index (κ3) is 2.23. The summed E-state index contributed by atoms with van der Waals surface area (Å²) in [6.45, 7) is 4.42. The molecule has 1 N–H and O–H groups in total. The van der Waals surface area contributed by atoms with E-state index in [2.05, 4.69) is 15.3 Å². The maximum atomic E-state index is 5.05. The van der Waals surface area contributed by atoms with Crippen LogP contribution in [-0.4, -0.2) is 29.2 Å². The van der Waals surface area contributed by atoms with Crippen molar-refractivity contribution in [1.29, 1.82) is 0 Å². The Bertz CT molecular complexity index is 286. The van der Waals surface area contributed by atoms with E-state index in [1.165, 1.54) is 0 Å². The van der Waals surface area contributed by atoms with Crippen LogP contribution in [0.15, 0.2) is 12.4 Å². The zero-order chi connectivity index (χ0) is 9.10. The van der Waals surface area contributed by atoms with Gasteiger partial charge in [-0.2, -0.15) is 0 Å². The molecule has 0 amide bonds. The highest BCUT2D eigenvalue weighted by molar-refractivity contribution is 5.06. The summed E-state index contributed by atoms with van der Waals surface area (Å²) < 4.78 is 5.05. The molecule has 1 fully saturated rings. The first-order chi connectivity index (χ1) is 6.34. The van der Waals surface area contributed by atoms with Crippen LogP contribution < -0.4 is 5.32 Å². The van der Waals surface area contributed by atoms with Crippen LogP contribution in [-0.2, 0) is 11.3 Å². The minimum Gasteiger partial charge on any atom is -0.378 e. The molecule has 4 nitrogen and oxygen atoms in total. The minimum atomic E-state index is 0.510. The standard InChI is InChI=1S/C9H13N3O/c1-7-2-8(12-6-11-7)3-10-9-4-13-5-9/h2,6,9-10H,3-5H2,1H3. The minimum absolute atomic E-state index is 0.510. The number of ether oxygens (including phenoxy) is 1. The van der Waals surface area contributed by atoms with Crippen LogP contribution in [0.5, 0.6) is 0 Å². The van der Waals surface area contributed by atoms with Crippen LogP contribution in [0.25, 0.3) is 0 Å².